The molecule has 2 aromatic heterocycles. The minimum Gasteiger partial charge on any atom is -0.497 e. The molecule has 182 valence electrons. The van der Waals surface area contributed by atoms with Crippen molar-refractivity contribution in [2.75, 3.05) is 37.9 Å². The van der Waals surface area contributed by atoms with E-state index in [1.165, 1.54) is 12.3 Å². The molecule has 0 spiro atoms. The number of rotatable bonds is 5. The van der Waals surface area contributed by atoms with Gasteiger partial charge in [0.1, 0.15) is 17.2 Å². The van der Waals surface area contributed by atoms with Gasteiger partial charge >= 0.3 is 6.03 Å². The minimum absolute atomic E-state index is 0.0237. The van der Waals surface area contributed by atoms with E-state index in [4.69, 9.17) is 13.9 Å². The first kappa shape index (κ1) is 22.6. The zero-order valence-corrected chi connectivity index (χ0v) is 19.4. The Kier molecular flexibility index (Phi) is 5.94. The second kappa shape index (κ2) is 9.21. The van der Waals surface area contributed by atoms with Crippen LogP contribution in [0.15, 0.2) is 57.9 Å². The second-order valence-corrected chi connectivity index (χ2v) is 8.75. The molecule has 2 aliphatic heterocycles. The normalized spacial score (nSPS) is 18.4. The molecule has 2 N–H and O–H groups in total. The van der Waals surface area contributed by atoms with Crippen LogP contribution in [0.25, 0.3) is 0 Å². The van der Waals surface area contributed by atoms with Crippen molar-refractivity contribution in [2.45, 2.75) is 18.9 Å². The van der Waals surface area contributed by atoms with Crippen molar-refractivity contribution in [2.24, 2.45) is 5.92 Å². The zero-order chi connectivity index (χ0) is 24.5. The highest BCUT2D eigenvalue weighted by atomic mass is 16.5. The highest BCUT2D eigenvalue weighted by molar-refractivity contribution is 6.02. The molecule has 1 fully saturated rings. The Morgan fingerprint density at radius 1 is 1.00 bits per heavy atom. The van der Waals surface area contributed by atoms with E-state index in [0.29, 0.717) is 36.8 Å². The number of benzene rings is 1. The molecule has 2 bridgehead atoms. The summed E-state index contributed by atoms with van der Waals surface area (Å²) in [4.78, 5) is 40.3. The lowest BCUT2D eigenvalue weighted by Crippen LogP contribution is -2.50. The molecule has 2 atom stereocenters. The highest BCUT2D eigenvalue weighted by Crippen LogP contribution is 2.36. The monoisotopic (exact) mass is 478 g/mol. The van der Waals surface area contributed by atoms with Crippen molar-refractivity contribution in [1.29, 1.82) is 0 Å². The summed E-state index contributed by atoms with van der Waals surface area (Å²) in [6.45, 7) is 1.49. The van der Waals surface area contributed by atoms with E-state index in [-0.39, 0.29) is 34.9 Å². The van der Waals surface area contributed by atoms with Gasteiger partial charge in [-0.05, 0) is 36.6 Å². The summed E-state index contributed by atoms with van der Waals surface area (Å²) in [7, 11) is 3.11. The number of likely N-dealkylation sites (tertiary alicyclic amines) is 1. The van der Waals surface area contributed by atoms with Gasteiger partial charge in [0.05, 0.1) is 20.5 Å². The van der Waals surface area contributed by atoms with Crippen LogP contribution in [0.4, 0.5) is 16.2 Å². The number of carbonyl (C=O) groups excluding carboxylic acids is 2. The fourth-order valence-corrected chi connectivity index (χ4v) is 4.88. The number of hydrogen-bond acceptors (Lipinski definition) is 6. The van der Waals surface area contributed by atoms with Crippen LogP contribution in [0.3, 0.4) is 0 Å². The molecule has 35 heavy (non-hydrogen) atoms. The van der Waals surface area contributed by atoms with Crippen molar-refractivity contribution in [3.8, 4) is 11.5 Å². The smallest absolute Gasteiger partial charge is 0.321 e. The van der Waals surface area contributed by atoms with Gasteiger partial charge in [-0.2, -0.15) is 0 Å². The van der Waals surface area contributed by atoms with Gasteiger partial charge in [0.25, 0.3) is 11.5 Å². The van der Waals surface area contributed by atoms with Crippen LogP contribution in [0.1, 0.15) is 28.6 Å². The first-order valence-electron chi connectivity index (χ1n) is 11.3. The van der Waals surface area contributed by atoms with Crippen LogP contribution in [0.2, 0.25) is 0 Å². The largest absolute Gasteiger partial charge is 0.497 e. The van der Waals surface area contributed by atoms with Crippen LogP contribution in [0.5, 0.6) is 11.5 Å². The van der Waals surface area contributed by atoms with Crippen LogP contribution in [-0.4, -0.2) is 48.7 Å². The molecule has 0 saturated carbocycles. The Bertz CT molecular complexity index is 1290. The second-order valence-electron chi connectivity index (χ2n) is 8.75. The van der Waals surface area contributed by atoms with Crippen LogP contribution in [-0.2, 0) is 6.54 Å². The van der Waals surface area contributed by atoms with Crippen molar-refractivity contribution in [3.63, 3.8) is 0 Å². The van der Waals surface area contributed by atoms with Gasteiger partial charge < -0.3 is 34.0 Å². The molecule has 3 amide bonds. The lowest BCUT2D eigenvalue weighted by Gasteiger charge is -2.42. The number of piperidine rings is 1. The van der Waals surface area contributed by atoms with E-state index in [1.807, 2.05) is 6.07 Å². The molecule has 4 heterocycles. The van der Waals surface area contributed by atoms with E-state index in [2.05, 4.69) is 10.6 Å². The molecule has 10 heteroatoms. The molecular weight excluding hydrogens is 452 g/mol. The highest BCUT2D eigenvalue weighted by Gasteiger charge is 2.37. The summed E-state index contributed by atoms with van der Waals surface area (Å²) in [6, 6.07) is 11.6. The number of pyridine rings is 1. The first-order chi connectivity index (χ1) is 16.9. The van der Waals surface area contributed by atoms with Crippen molar-refractivity contribution >= 4 is 23.3 Å². The van der Waals surface area contributed by atoms with E-state index in [0.717, 1.165) is 12.1 Å². The Morgan fingerprint density at radius 3 is 2.46 bits per heavy atom. The summed E-state index contributed by atoms with van der Waals surface area (Å²) in [5.74, 6) is 0.980. The van der Waals surface area contributed by atoms with Crippen molar-refractivity contribution in [3.05, 3.63) is 70.5 Å². The lowest BCUT2D eigenvalue weighted by molar-refractivity contribution is 0.0996. The molecule has 2 unspecified atom stereocenters. The standard InChI is InChI=1S/C25H26N4O6/c1-33-18-9-17(10-19(11-18)34-2)26-25(32)28-12-15-8-16(14-28)21-6-5-20(24(31)29(21)13-15)27-23(30)22-4-3-7-35-22/h3-7,9-11,15-16H,8,12-14H2,1-2H3,(H,26,32)(H,27,30). The Labute approximate surface area is 201 Å². The van der Waals surface area contributed by atoms with Gasteiger partial charge in [-0.15, -0.1) is 0 Å². The number of furan rings is 1. The third kappa shape index (κ3) is 4.46. The molecule has 5 rings (SSSR count). The summed E-state index contributed by atoms with van der Waals surface area (Å²) < 4.78 is 17.4. The fraction of sp³-hybridized carbons (Fsp3) is 0.320. The van der Waals surface area contributed by atoms with Gasteiger partial charge in [-0.1, -0.05) is 0 Å². The van der Waals surface area contributed by atoms with Crippen LogP contribution < -0.4 is 25.7 Å². The van der Waals surface area contributed by atoms with Gasteiger partial charge in [-0.25, -0.2) is 4.79 Å². The molecule has 0 aliphatic carbocycles. The van der Waals surface area contributed by atoms with E-state index >= 15 is 0 Å². The summed E-state index contributed by atoms with van der Waals surface area (Å²) in [5.41, 5.74) is 1.40. The van der Waals surface area contributed by atoms with Gasteiger partial charge in [-0.3, -0.25) is 9.59 Å². The molecule has 3 aromatic rings. The maximum atomic E-state index is 13.1. The first-order valence-corrected chi connectivity index (χ1v) is 11.3. The number of nitrogens with one attached hydrogen (secondary N) is 2. The summed E-state index contributed by atoms with van der Waals surface area (Å²) in [5, 5.41) is 5.57. The number of amides is 3. The SMILES string of the molecule is COc1cc(NC(=O)N2CC3CC(C2)c2ccc(NC(=O)c4ccco4)c(=O)n2C3)cc(OC)c1. The van der Waals surface area contributed by atoms with Gasteiger partial charge in [0.15, 0.2) is 5.76 Å². The number of hydrogen-bond donors (Lipinski definition) is 2. The lowest BCUT2D eigenvalue weighted by atomic mass is 9.83. The van der Waals surface area contributed by atoms with Crippen molar-refractivity contribution < 1.29 is 23.5 Å². The Hall–Kier alpha value is -4.21. The van der Waals surface area contributed by atoms with E-state index in [9.17, 15) is 14.4 Å². The third-order valence-electron chi connectivity index (χ3n) is 6.49. The quantitative estimate of drug-likeness (QED) is 0.581. The van der Waals surface area contributed by atoms with Crippen LogP contribution in [0, 0.1) is 5.92 Å². The van der Waals surface area contributed by atoms with E-state index < -0.39 is 5.91 Å². The molecule has 2 aliphatic rings. The predicted molar refractivity (Wildman–Crippen MR) is 128 cm³/mol. The van der Waals surface area contributed by atoms with Crippen LogP contribution >= 0.6 is 0 Å². The molecule has 1 saturated heterocycles. The van der Waals surface area contributed by atoms with Gasteiger partial charge in [0.2, 0.25) is 0 Å². The van der Waals surface area contributed by atoms with Gasteiger partial charge in [0, 0.05) is 55.1 Å². The number of nitrogens with zero attached hydrogens (tertiary/aromatic N) is 2. The molecule has 0 radical (unpaired) electrons. The summed E-state index contributed by atoms with van der Waals surface area (Å²) >= 11 is 0. The third-order valence-corrected chi connectivity index (χ3v) is 6.49. The zero-order valence-electron chi connectivity index (χ0n) is 19.4. The molecule has 10 nitrogen and oxygen atoms in total. The minimum atomic E-state index is -0.472. The Balaban J connectivity index is 1.32. The number of urea groups is 1. The van der Waals surface area contributed by atoms with Crippen molar-refractivity contribution in [1.82, 2.24) is 9.47 Å². The molecular formula is C25H26N4O6. The topological polar surface area (TPSA) is 115 Å². The molecule has 1 aromatic carbocycles. The number of aromatic nitrogens is 1. The average molecular weight is 479 g/mol. The maximum Gasteiger partial charge on any atom is 0.321 e. The number of anilines is 2. The van der Waals surface area contributed by atoms with E-state index in [1.54, 1.807) is 54.0 Å². The number of carbonyl (C=O) groups is 2. The predicted octanol–water partition coefficient (Wildman–Crippen LogP) is 3.36. The maximum absolute atomic E-state index is 13.1. The number of fused-ring (bicyclic) bond motifs is 4. The average Bonchev–Trinajstić information content (AvgIpc) is 3.41. The summed E-state index contributed by atoms with van der Waals surface area (Å²) in [6.07, 6.45) is 2.30. The fourth-order valence-electron chi connectivity index (χ4n) is 4.88. The number of methoxy groups -OCH3 is 2. The Morgan fingerprint density at radius 2 is 1.77 bits per heavy atom. The number of ether oxygens (including phenoxy) is 2.